The van der Waals surface area contributed by atoms with E-state index in [9.17, 15) is 4.79 Å². The number of likely N-dealkylation sites (N-methyl/N-ethyl adjacent to an activating group) is 1. The van der Waals surface area contributed by atoms with E-state index in [-0.39, 0.29) is 12.3 Å². The molecule has 148 valence electrons. The Hall–Kier alpha value is -2.44. The largest absolute Gasteiger partial charge is 0.486 e. The van der Waals surface area contributed by atoms with Crippen molar-refractivity contribution in [2.45, 2.75) is 6.42 Å². The van der Waals surface area contributed by atoms with Crippen molar-refractivity contribution in [2.75, 3.05) is 56.7 Å². The molecule has 0 atom stereocenters. The number of hydrogen-bond donors (Lipinski definition) is 1. The van der Waals surface area contributed by atoms with Crippen LogP contribution in [0.4, 0.5) is 11.4 Å². The van der Waals surface area contributed by atoms with Gasteiger partial charge in [0, 0.05) is 26.2 Å². The van der Waals surface area contributed by atoms with Gasteiger partial charge in [-0.1, -0.05) is 23.7 Å². The predicted octanol–water partition coefficient (Wildman–Crippen LogP) is 3.04. The van der Waals surface area contributed by atoms with Gasteiger partial charge in [-0.15, -0.1) is 0 Å². The van der Waals surface area contributed by atoms with Crippen LogP contribution in [0.2, 0.25) is 5.02 Å². The summed E-state index contributed by atoms with van der Waals surface area (Å²) in [6.45, 7) is 4.88. The van der Waals surface area contributed by atoms with Gasteiger partial charge in [0.05, 0.1) is 22.8 Å². The van der Waals surface area contributed by atoms with Crippen LogP contribution >= 0.6 is 11.6 Å². The second-order valence-electron chi connectivity index (χ2n) is 7.13. The fourth-order valence-corrected chi connectivity index (χ4v) is 3.84. The molecule has 0 aliphatic carbocycles. The number of carbonyl (C=O) groups is 1. The Kier molecular flexibility index (Phi) is 5.59. The second kappa shape index (κ2) is 8.29. The van der Waals surface area contributed by atoms with E-state index in [1.165, 1.54) is 0 Å². The maximum atomic E-state index is 12.7. The van der Waals surface area contributed by atoms with Crippen LogP contribution in [0, 0.1) is 0 Å². The molecule has 4 rings (SSSR count). The smallest absolute Gasteiger partial charge is 0.228 e. The van der Waals surface area contributed by atoms with Gasteiger partial charge in [0.25, 0.3) is 0 Å². The Morgan fingerprint density at radius 1 is 1.11 bits per heavy atom. The number of para-hydroxylation sites is 2. The molecule has 1 N–H and O–H groups in total. The summed E-state index contributed by atoms with van der Waals surface area (Å²) in [6, 6.07) is 11.5. The molecule has 0 saturated carbocycles. The second-order valence-corrected chi connectivity index (χ2v) is 7.54. The van der Waals surface area contributed by atoms with Crippen molar-refractivity contribution in [3.8, 4) is 11.5 Å². The summed E-state index contributed by atoms with van der Waals surface area (Å²) in [5, 5.41) is 3.53. The van der Waals surface area contributed by atoms with E-state index < -0.39 is 0 Å². The standard InChI is InChI=1S/C21H24ClN3O3/c1-24-6-8-25(9-7-24)18-5-3-2-4-17(18)23-20(26)14-15-12-16(22)21-19(13-15)27-10-11-28-21/h2-5,12-13H,6-11,14H2,1H3,(H,23,26). The first-order valence-electron chi connectivity index (χ1n) is 9.50. The van der Waals surface area contributed by atoms with E-state index in [0.717, 1.165) is 43.1 Å². The lowest BCUT2D eigenvalue weighted by Crippen LogP contribution is -2.44. The molecule has 7 heteroatoms. The van der Waals surface area contributed by atoms with Crippen LogP contribution in [0.15, 0.2) is 36.4 Å². The number of nitrogens with zero attached hydrogens (tertiary/aromatic N) is 2. The number of benzene rings is 2. The first-order chi connectivity index (χ1) is 13.6. The highest BCUT2D eigenvalue weighted by molar-refractivity contribution is 6.32. The number of fused-ring (bicyclic) bond motifs is 1. The molecule has 6 nitrogen and oxygen atoms in total. The molecule has 0 unspecified atom stereocenters. The fraction of sp³-hybridized carbons (Fsp3) is 0.381. The van der Waals surface area contributed by atoms with Crippen LogP contribution in [0.25, 0.3) is 0 Å². The molecular weight excluding hydrogens is 378 g/mol. The van der Waals surface area contributed by atoms with Crippen molar-refractivity contribution >= 4 is 28.9 Å². The first kappa shape index (κ1) is 18.9. The van der Waals surface area contributed by atoms with Gasteiger partial charge in [-0.2, -0.15) is 0 Å². The van der Waals surface area contributed by atoms with Gasteiger partial charge >= 0.3 is 0 Å². The number of anilines is 2. The van der Waals surface area contributed by atoms with Crippen molar-refractivity contribution in [2.24, 2.45) is 0 Å². The third-order valence-electron chi connectivity index (χ3n) is 5.04. The summed E-state index contributed by atoms with van der Waals surface area (Å²) in [5.41, 5.74) is 2.69. The molecule has 0 radical (unpaired) electrons. The molecule has 0 aromatic heterocycles. The van der Waals surface area contributed by atoms with Crippen LogP contribution in [-0.4, -0.2) is 57.2 Å². The van der Waals surface area contributed by atoms with E-state index >= 15 is 0 Å². The normalized spacial score (nSPS) is 16.7. The molecule has 2 aromatic carbocycles. The van der Waals surface area contributed by atoms with Gasteiger partial charge < -0.3 is 24.6 Å². The molecular formula is C21H24ClN3O3. The average molecular weight is 402 g/mol. The van der Waals surface area contributed by atoms with Gasteiger partial charge in [-0.3, -0.25) is 4.79 Å². The molecule has 0 bridgehead atoms. The summed E-state index contributed by atoms with van der Waals surface area (Å²) in [5.74, 6) is 1.06. The van der Waals surface area contributed by atoms with Gasteiger partial charge in [-0.25, -0.2) is 0 Å². The summed E-state index contributed by atoms with van der Waals surface area (Å²) < 4.78 is 11.1. The van der Waals surface area contributed by atoms with Crippen LogP contribution in [0.3, 0.4) is 0 Å². The highest BCUT2D eigenvalue weighted by Gasteiger charge is 2.20. The van der Waals surface area contributed by atoms with Crippen molar-refractivity contribution in [1.29, 1.82) is 0 Å². The van der Waals surface area contributed by atoms with E-state index in [4.69, 9.17) is 21.1 Å². The number of nitrogens with one attached hydrogen (secondary N) is 1. The SMILES string of the molecule is CN1CCN(c2ccccc2NC(=O)Cc2cc(Cl)c3c(c2)OCCO3)CC1. The Balaban J connectivity index is 1.47. The van der Waals surface area contributed by atoms with E-state index in [2.05, 4.69) is 28.2 Å². The van der Waals surface area contributed by atoms with E-state index in [1.54, 1.807) is 6.07 Å². The Morgan fingerprint density at radius 2 is 1.86 bits per heavy atom. The lowest BCUT2D eigenvalue weighted by Gasteiger charge is -2.35. The minimum Gasteiger partial charge on any atom is -0.486 e. The van der Waals surface area contributed by atoms with E-state index in [1.807, 2.05) is 24.3 Å². The Labute approximate surface area is 170 Å². The number of halogens is 1. The van der Waals surface area contributed by atoms with E-state index in [0.29, 0.717) is 29.7 Å². The zero-order valence-electron chi connectivity index (χ0n) is 15.9. The summed E-state index contributed by atoms with van der Waals surface area (Å²) >= 11 is 6.28. The molecule has 1 fully saturated rings. The number of ether oxygens (including phenoxy) is 2. The number of hydrogen-bond acceptors (Lipinski definition) is 5. The zero-order chi connectivity index (χ0) is 19.5. The van der Waals surface area contributed by atoms with Crippen LogP contribution in [-0.2, 0) is 11.2 Å². The molecule has 1 amide bonds. The molecule has 0 spiro atoms. The minimum atomic E-state index is -0.0886. The van der Waals surface area contributed by atoms with Crippen LogP contribution in [0.5, 0.6) is 11.5 Å². The summed E-state index contributed by atoms with van der Waals surface area (Å²) in [6.07, 6.45) is 0.216. The van der Waals surface area contributed by atoms with Crippen LogP contribution in [0.1, 0.15) is 5.56 Å². The molecule has 2 aliphatic rings. The molecule has 2 aliphatic heterocycles. The number of amides is 1. The number of piperazine rings is 1. The molecule has 2 aromatic rings. The maximum absolute atomic E-state index is 12.7. The lowest BCUT2D eigenvalue weighted by molar-refractivity contribution is -0.115. The Morgan fingerprint density at radius 3 is 2.68 bits per heavy atom. The summed E-state index contributed by atoms with van der Waals surface area (Å²) in [4.78, 5) is 17.3. The molecule has 2 heterocycles. The van der Waals surface area contributed by atoms with Gasteiger partial charge in [0.1, 0.15) is 13.2 Å². The highest BCUT2D eigenvalue weighted by atomic mass is 35.5. The van der Waals surface area contributed by atoms with Gasteiger partial charge in [-0.05, 0) is 36.9 Å². The van der Waals surface area contributed by atoms with Gasteiger partial charge in [0.2, 0.25) is 5.91 Å². The van der Waals surface area contributed by atoms with Crippen LogP contribution < -0.4 is 19.7 Å². The summed E-state index contributed by atoms with van der Waals surface area (Å²) in [7, 11) is 2.13. The third kappa shape index (κ3) is 4.18. The van der Waals surface area contributed by atoms with Crippen molar-refractivity contribution < 1.29 is 14.3 Å². The number of carbonyl (C=O) groups excluding carboxylic acids is 1. The Bertz CT molecular complexity index is 866. The average Bonchev–Trinajstić information content (AvgIpc) is 2.69. The minimum absolute atomic E-state index is 0.0886. The monoisotopic (exact) mass is 401 g/mol. The molecule has 1 saturated heterocycles. The number of rotatable bonds is 4. The van der Waals surface area contributed by atoms with Crippen molar-refractivity contribution in [1.82, 2.24) is 4.90 Å². The topological polar surface area (TPSA) is 54.0 Å². The highest BCUT2D eigenvalue weighted by Crippen LogP contribution is 2.38. The maximum Gasteiger partial charge on any atom is 0.228 e. The predicted molar refractivity (Wildman–Crippen MR) is 111 cm³/mol. The third-order valence-corrected chi connectivity index (χ3v) is 5.32. The van der Waals surface area contributed by atoms with Gasteiger partial charge in [0.15, 0.2) is 11.5 Å². The molecule has 28 heavy (non-hydrogen) atoms. The van der Waals surface area contributed by atoms with Crippen molar-refractivity contribution in [3.63, 3.8) is 0 Å². The van der Waals surface area contributed by atoms with Crippen molar-refractivity contribution in [3.05, 3.63) is 47.0 Å². The first-order valence-corrected chi connectivity index (χ1v) is 9.88. The fourth-order valence-electron chi connectivity index (χ4n) is 3.55. The zero-order valence-corrected chi connectivity index (χ0v) is 16.7. The quantitative estimate of drug-likeness (QED) is 0.853. The lowest BCUT2D eigenvalue weighted by atomic mass is 10.1.